The van der Waals surface area contributed by atoms with Gasteiger partial charge in [0, 0.05) is 18.9 Å². The van der Waals surface area contributed by atoms with E-state index in [1.165, 1.54) is 31.2 Å². The van der Waals surface area contributed by atoms with Crippen LogP contribution in [0.2, 0.25) is 0 Å². The number of aromatic nitrogens is 1. The van der Waals surface area contributed by atoms with Crippen molar-refractivity contribution >= 4 is 0 Å². The second kappa shape index (κ2) is 8.28. The first kappa shape index (κ1) is 13.2. The SMILES string of the molecule is CCCCC(CC)CNCc1cccnc1. The normalized spacial score (nSPS) is 12.6. The third-order valence-corrected chi connectivity index (χ3v) is 3.03. The van der Waals surface area contributed by atoms with Gasteiger partial charge in [-0.25, -0.2) is 0 Å². The number of nitrogens with zero attached hydrogens (tertiary/aromatic N) is 1. The van der Waals surface area contributed by atoms with Crippen LogP contribution >= 0.6 is 0 Å². The summed E-state index contributed by atoms with van der Waals surface area (Å²) in [5.41, 5.74) is 1.27. The molecule has 1 atom stereocenters. The highest BCUT2D eigenvalue weighted by Gasteiger charge is 2.04. The fourth-order valence-corrected chi connectivity index (χ4v) is 1.87. The fourth-order valence-electron chi connectivity index (χ4n) is 1.87. The van der Waals surface area contributed by atoms with Crippen molar-refractivity contribution < 1.29 is 0 Å². The molecule has 0 radical (unpaired) electrons. The molecule has 0 bridgehead atoms. The van der Waals surface area contributed by atoms with Crippen LogP contribution in [0.1, 0.15) is 45.1 Å². The Labute approximate surface area is 99.5 Å². The smallest absolute Gasteiger partial charge is 0.0312 e. The van der Waals surface area contributed by atoms with Crippen LogP contribution in [0.4, 0.5) is 0 Å². The monoisotopic (exact) mass is 220 g/mol. The van der Waals surface area contributed by atoms with Gasteiger partial charge in [0.05, 0.1) is 0 Å². The van der Waals surface area contributed by atoms with Crippen molar-refractivity contribution in [3.05, 3.63) is 30.1 Å². The Morgan fingerprint density at radius 2 is 2.25 bits per heavy atom. The molecule has 1 N–H and O–H groups in total. The van der Waals surface area contributed by atoms with Gasteiger partial charge in [-0.3, -0.25) is 4.98 Å². The Hall–Kier alpha value is -0.890. The third-order valence-electron chi connectivity index (χ3n) is 3.03. The Morgan fingerprint density at radius 1 is 1.38 bits per heavy atom. The Balaban J connectivity index is 2.18. The average molecular weight is 220 g/mol. The summed E-state index contributed by atoms with van der Waals surface area (Å²) in [7, 11) is 0. The first-order valence-corrected chi connectivity index (χ1v) is 6.46. The van der Waals surface area contributed by atoms with Gasteiger partial charge < -0.3 is 5.32 Å². The molecule has 0 fully saturated rings. The molecule has 1 aromatic heterocycles. The number of hydrogen-bond donors (Lipinski definition) is 1. The summed E-state index contributed by atoms with van der Waals surface area (Å²) in [6, 6.07) is 4.11. The molecule has 1 unspecified atom stereocenters. The molecule has 2 nitrogen and oxygen atoms in total. The van der Waals surface area contributed by atoms with Crippen LogP contribution in [0.5, 0.6) is 0 Å². The standard InChI is InChI=1S/C14H24N2/c1-3-5-7-13(4-2)10-16-12-14-8-6-9-15-11-14/h6,8-9,11,13,16H,3-5,7,10,12H2,1-2H3. The highest BCUT2D eigenvalue weighted by Crippen LogP contribution is 2.11. The van der Waals surface area contributed by atoms with Gasteiger partial charge in [0.1, 0.15) is 0 Å². The summed E-state index contributed by atoms with van der Waals surface area (Å²) in [4.78, 5) is 4.11. The maximum atomic E-state index is 4.11. The summed E-state index contributed by atoms with van der Waals surface area (Å²) < 4.78 is 0. The van der Waals surface area contributed by atoms with Gasteiger partial charge in [-0.2, -0.15) is 0 Å². The summed E-state index contributed by atoms with van der Waals surface area (Å²) >= 11 is 0. The van der Waals surface area contributed by atoms with Crippen LogP contribution in [0.25, 0.3) is 0 Å². The van der Waals surface area contributed by atoms with E-state index in [1.807, 2.05) is 18.5 Å². The Bertz CT molecular complexity index is 259. The first-order chi connectivity index (χ1) is 7.86. The van der Waals surface area contributed by atoms with Crippen molar-refractivity contribution in [2.75, 3.05) is 6.54 Å². The molecule has 1 heterocycles. The van der Waals surface area contributed by atoms with Gasteiger partial charge in [0.2, 0.25) is 0 Å². The van der Waals surface area contributed by atoms with E-state index in [2.05, 4.69) is 30.2 Å². The van der Waals surface area contributed by atoms with Crippen LogP contribution in [-0.4, -0.2) is 11.5 Å². The summed E-state index contributed by atoms with van der Waals surface area (Å²) in [6.45, 7) is 6.61. The summed E-state index contributed by atoms with van der Waals surface area (Å²) in [5, 5.41) is 3.52. The van der Waals surface area contributed by atoms with Crippen LogP contribution in [0, 0.1) is 5.92 Å². The zero-order valence-electron chi connectivity index (χ0n) is 10.6. The topological polar surface area (TPSA) is 24.9 Å². The van der Waals surface area contributed by atoms with Crippen LogP contribution in [0.3, 0.4) is 0 Å². The zero-order chi connectivity index (χ0) is 11.6. The van der Waals surface area contributed by atoms with Gasteiger partial charge in [0.15, 0.2) is 0 Å². The summed E-state index contributed by atoms with van der Waals surface area (Å²) in [5.74, 6) is 0.830. The van der Waals surface area contributed by atoms with Crippen LogP contribution < -0.4 is 5.32 Å². The molecule has 90 valence electrons. The van der Waals surface area contributed by atoms with Gasteiger partial charge >= 0.3 is 0 Å². The van der Waals surface area contributed by atoms with E-state index in [9.17, 15) is 0 Å². The number of pyridine rings is 1. The number of rotatable bonds is 8. The average Bonchev–Trinajstić information content (AvgIpc) is 2.35. The van der Waals surface area contributed by atoms with Gasteiger partial charge in [-0.1, -0.05) is 39.2 Å². The molecule has 16 heavy (non-hydrogen) atoms. The number of nitrogens with one attached hydrogen (secondary N) is 1. The van der Waals surface area contributed by atoms with E-state index in [1.54, 1.807) is 0 Å². The first-order valence-electron chi connectivity index (χ1n) is 6.46. The molecule has 1 aromatic rings. The van der Waals surface area contributed by atoms with Gasteiger partial charge in [0.25, 0.3) is 0 Å². The van der Waals surface area contributed by atoms with Crippen LogP contribution in [-0.2, 0) is 6.54 Å². The van der Waals surface area contributed by atoms with Crippen molar-refractivity contribution in [3.8, 4) is 0 Å². The molecule has 0 saturated carbocycles. The Kier molecular flexibility index (Phi) is 6.82. The zero-order valence-corrected chi connectivity index (χ0v) is 10.6. The van der Waals surface area contributed by atoms with Crippen molar-refractivity contribution in [2.45, 2.75) is 46.1 Å². The predicted molar refractivity (Wildman–Crippen MR) is 69.2 cm³/mol. The minimum Gasteiger partial charge on any atom is -0.312 e. The quantitative estimate of drug-likeness (QED) is 0.726. The fraction of sp³-hybridized carbons (Fsp3) is 0.643. The third kappa shape index (κ3) is 5.26. The second-order valence-electron chi connectivity index (χ2n) is 4.41. The lowest BCUT2D eigenvalue weighted by Crippen LogP contribution is -2.22. The lowest BCUT2D eigenvalue weighted by Gasteiger charge is -2.15. The van der Waals surface area contributed by atoms with E-state index in [4.69, 9.17) is 0 Å². The Morgan fingerprint density at radius 3 is 2.88 bits per heavy atom. The minimum atomic E-state index is 0.830. The van der Waals surface area contributed by atoms with Gasteiger partial charge in [-0.15, -0.1) is 0 Å². The molecular formula is C14H24N2. The van der Waals surface area contributed by atoms with E-state index >= 15 is 0 Å². The minimum absolute atomic E-state index is 0.830. The van der Waals surface area contributed by atoms with E-state index < -0.39 is 0 Å². The highest BCUT2D eigenvalue weighted by atomic mass is 14.9. The molecule has 2 heteroatoms. The number of hydrogen-bond acceptors (Lipinski definition) is 2. The van der Waals surface area contributed by atoms with E-state index in [0.29, 0.717) is 0 Å². The summed E-state index contributed by atoms with van der Waals surface area (Å²) in [6.07, 6.45) is 9.04. The van der Waals surface area contributed by atoms with Crippen molar-refractivity contribution in [3.63, 3.8) is 0 Å². The predicted octanol–water partition coefficient (Wildman–Crippen LogP) is 3.39. The lowest BCUT2D eigenvalue weighted by atomic mass is 9.99. The van der Waals surface area contributed by atoms with E-state index in [-0.39, 0.29) is 0 Å². The lowest BCUT2D eigenvalue weighted by molar-refractivity contribution is 0.419. The van der Waals surface area contributed by atoms with Crippen molar-refractivity contribution in [1.29, 1.82) is 0 Å². The van der Waals surface area contributed by atoms with Crippen molar-refractivity contribution in [2.24, 2.45) is 5.92 Å². The van der Waals surface area contributed by atoms with Crippen molar-refractivity contribution in [1.82, 2.24) is 10.3 Å². The molecule has 1 rings (SSSR count). The maximum Gasteiger partial charge on any atom is 0.0312 e. The van der Waals surface area contributed by atoms with Gasteiger partial charge in [-0.05, 0) is 30.5 Å². The number of unbranched alkanes of at least 4 members (excludes halogenated alkanes) is 1. The molecule has 0 amide bonds. The van der Waals surface area contributed by atoms with Crippen LogP contribution in [0.15, 0.2) is 24.5 Å². The second-order valence-corrected chi connectivity index (χ2v) is 4.41. The molecule has 0 aliphatic heterocycles. The molecule has 0 aliphatic rings. The molecule has 0 aliphatic carbocycles. The molecule has 0 spiro atoms. The maximum absolute atomic E-state index is 4.11. The molecule has 0 saturated heterocycles. The largest absolute Gasteiger partial charge is 0.312 e. The molecular weight excluding hydrogens is 196 g/mol. The highest BCUT2D eigenvalue weighted by molar-refractivity contribution is 5.07. The molecule has 0 aromatic carbocycles. The van der Waals surface area contributed by atoms with E-state index in [0.717, 1.165) is 19.0 Å².